The third-order valence-electron chi connectivity index (χ3n) is 3.88. The Hall–Kier alpha value is -2.12. The summed E-state index contributed by atoms with van der Waals surface area (Å²) in [6.07, 6.45) is 3.40. The summed E-state index contributed by atoms with van der Waals surface area (Å²) in [5.41, 5.74) is 0.00662. The van der Waals surface area contributed by atoms with Crippen LogP contribution in [0.25, 0.3) is 0 Å². The van der Waals surface area contributed by atoms with Crippen LogP contribution in [0, 0.1) is 0 Å². The quantitative estimate of drug-likeness (QED) is 0.834. The minimum absolute atomic E-state index is 0.254. The zero-order valence-corrected chi connectivity index (χ0v) is 14.2. The van der Waals surface area contributed by atoms with Crippen molar-refractivity contribution in [3.63, 3.8) is 0 Å². The fraction of sp³-hybridized carbons (Fsp3) is 0.353. The monoisotopic (exact) mass is 345 g/mol. The number of carboxylic acids is 1. The maximum Gasteiger partial charge on any atom is 0.337 e. The minimum Gasteiger partial charge on any atom is -0.479 e. The molecule has 1 saturated heterocycles. The molecule has 0 radical (unpaired) electrons. The molecule has 1 aliphatic heterocycles. The molecule has 1 aliphatic rings. The van der Waals surface area contributed by atoms with Gasteiger partial charge in [-0.15, -0.1) is 11.8 Å². The largest absolute Gasteiger partial charge is 0.479 e. The SMILES string of the molecule is CC1(C(=O)O)CN(c2cncc(SCc3ccccc3)n2)CCO1. The van der Waals surface area contributed by atoms with E-state index in [9.17, 15) is 9.90 Å². The lowest BCUT2D eigenvalue weighted by molar-refractivity contribution is -0.164. The lowest BCUT2D eigenvalue weighted by atomic mass is 10.1. The van der Waals surface area contributed by atoms with Crippen molar-refractivity contribution < 1.29 is 14.6 Å². The predicted octanol–water partition coefficient (Wildman–Crippen LogP) is 2.45. The molecule has 3 rings (SSSR count). The molecule has 24 heavy (non-hydrogen) atoms. The predicted molar refractivity (Wildman–Crippen MR) is 92.2 cm³/mol. The highest BCUT2D eigenvalue weighted by molar-refractivity contribution is 7.98. The molecule has 0 bridgehead atoms. The second kappa shape index (κ2) is 7.19. The van der Waals surface area contributed by atoms with Gasteiger partial charge in [-0.3, -0.25) is 4.98 Å². The fourth-order valence-corrected chi connectivity index (χ4v) is 3.29. The molecule has 1 aromatic heterocycles. The first kappa shape index (κ1) is 16.7. The van der Waals surface area contributed by atoms with Gasteiger partial charge in [0.1, 0.15) is 10.8 Å². The molecule has 1 fully saturated rings. The van der Waals surface area contributed by atoms with Gasteiger partial charge in [0, 0.05) is 12.3 Å². The Balaban J connectivity index is 1.69. The van der Waals surface area contributed by atoms with Crippen molar-refractivity contribution in [3.05, 3.63) is 48.3 Å². The Kier molecular flexibility index (Phi) is 5.01. The summed E-state index contributed by atoms with van der Waals surface area (Å²) in [4.78, 5) is 22.2. The normalized spacial score (nSPS) is 20.8. The molecule has 126 valence electrons. The molecule has 2 aromatic rings. The smallest absolute Gasteiger partial charge is 0.337 e. The van der Waals surface area contributed by atoms with Crippen LogP contribution >= 0.6 is 11.8 Å². The number of anilines is 1. The van der Waals surface area contributed by atoms with Crippen molar-refractivity contribution in [1.82, 2.24) is 9.97 Å². The molecule has 0 aliphatic carbocycles. The van der Waals surface area contributed by atoms with Gasteiger partial charge in [-0.2, -0.15) is 0 Å². The van der Waals surface area contributed by atoms with Crippen molar-refractivity contribution in [2.24, 2.45) is 0 Å². The maximum atomic E-state index is 11.4. The van der Waals surface area contributed by atoms with E-state index in [-0.39, 0.29) is 6.54 Å². The van der Waals surface area contributed by atoms with Gasteiger partial charge in [0.25, 0.3) is 0 Å². The summed E-state index contributed by atoms with van der Waals surface area (Å²) in [6, 6.07) is 10.2. The second-order valence-corrected chi connectivity index (χ2v) is 6.79. The van der Waals surface area contributed by atoms with Crippen LogP contribution in [0.4, 0.5) is 5.82 Å². The summed E-state index contributed by atoms with van der Waals surface area (Å²) < 4.78 is 5.42. The molecule has 2 heterocycles. The van der Waals surface area contributed by atoms with Crippen LogP contribution in [0.2, 0.25) is 0 Å². The van der Waals surface area contributed by atoms with Gasteiger partial charge in [0.05, 0.1) is 25.5 Å². The van der Waals surface area contributed by atoms with Gasteiger partial charge >= 0.3 is 5.97 Å². The van der Waals surface area contributed by atoms with E-state index in [4.69, 9.17) is 4.74 Å². The molecule has 0 amide bonds. The molecule has 1 aromatic carbocycles. The second-order valence-electron chi connectivity index (χ2n) is 5.80. The highest BCUT2D eigenvalue weighted by Crippen LogP contribution is 2.25. The number of carbonyl (C=O) groups is 1. The summed E-state index contributed by atoms with van der Waals surface area (Å²) in [5, 5.41) is 10.2. The average Bonchev–Trinajstić information content (AvgIpc) is 2.61. The lowest BCUT2D eigenvalue weighted by Crippen LogP contribution is -2.55. The topological polar surface area (TPSA) is 75.5 Å². The van der Waals surface area contributed by atoms with Crippen LogP contribution in [-0.4, -0.2) is 46.3 Å². The Labute approximate surface area is 144 Å². The third kappa shape index (κ3) is 3.85. The van der Waals surface area contributed by atoms with E-state index in [0.29, 0.717) is 19.0 Å². The maximum absolute atomic E-state index is 11.4. The first-order valence-electron chi connectivity index (χ1n) is 7.68. The van der Waals surface area contributed by atoms with E-state index in [2.05, 4.69) is 22.1 Å². The molecular weight excluding hydrogens is 326 g/mol. The van der Waals surface area contributed by atoms with E-state index in [1.165, 1.54) is 5.56 Å². The Morgan fingerprint density at radius 3 is 2.92 bits per heavy atom. The van der Waals surface area contributed by atoms with Gasteiger partial charge in [0.15, 0.2) is 5.60 Å². The van der Waals surface area contributed by atoms with E-state index >= 15 is 0 Å². The summed E-state index contributed by atoms with van der Waals surface area (Å²) in [7, 11) is 0. The van der Waals surface area contributed by atoms with Crippen molar-refractivity contribution >= 4 is 23.5 Å². The molecule has 1 atom stereocenters. The van der Waals surface area contributed by atoms with Crippen molar-refractivity contribution in [3.8, 4) is 0 Å². The average molecular weight is 345 g/mol. The Morgan fingerprint density at radius 2 is 2.17 bits per heavy atom. The number of carboxylic acid groups (broad SMARTS) is 1. The highest BCUT2D eigenvalue weighted by Gasteiger charge is 2.39. The lowest BCUT2D eigenvalue weighted by Gasteiger charge is -2.38. The molecular formula is C17H19N3O3S. The summed E-state index contributed by atoms with van der Waals surface area (Å²) in [6.45, 7) is 2.79. The zero-order chi connectivity index (χ0) is 17.0. The number of thioether (sulfide) groups is 1. The molecule has 1 unspecified atom stereocenters. The van der Waals surface area contributed by atoms with E-state index < -0.39 is 11.6 Å². The standard InChI is InChI=1S/C17H19N3O3S/c1-17(16(21)22)12-20(7-8-23-17)14-9-18-10-15(19-14)24-11-13-5-3-2-4-6-13/h2-6,9-10H,7-8,11-12H2,1H3,(H,21,22). The molecule has 0 spiro atoms. The van der Waals surface area contributed by atoms with Gasteiger partial charge in [-0.25, -0.2) is 9.78 Å². The Morgan fingerprint density at radius 1 is 1.38 bits per heavy atom. The van der Waals surface area contributed by atoms with Crippen molar-refractivity contribution in [2.75, 3.05) is 24.6 Å². The Bertz CT molecular complexity index is 713. The number of hydrogen-bond donors (Lipinski definition) is 1. The van der Waals surface area contributed by atoms with E-state index in [1.54, 1.807) is 31.1 Å². The first-order valence-corrected chi connectivity index (χ1v) is 8.66. The molecule has 7 heteroatoms. The number of rotatable bonds is 5. The van der Waals surface area contributed by atoms with Crippen LogP contribution in [0.5, 0.6) is 0 Å². The first-order chi connectivity index (χ1) is 11.6. The third-order valence-corrected chi connectivity index (χ3v) is 4.85. The van der Waals surface area contributed by atoms with Gasteiger partial charge in [0.2, 0.25) is 0 Å². The zero-order valence-electron chi connectivity index (χ0n) is 13.4. The fourth-order valence-electron chi connectivity index (χ4n) is 2.49. The minimum atomic E-state index is -1.22. The van der Waals surface area contributed by atoms with Crippen LogP contribution in [0.3, 0.4) is 0 Å². The van der Waals surface area contributed by atoms with E-state index in [1.807, 2.05) is 23.1 Å². The molecule has 6 nitrogen and oxygen atoms in total. The number of nitrogens with zero attached hydrogens (tertiary/aromatic N) is 3. The van der Waals surface area contributed by atoms with Crippen molar-refractivity contribution in [2.45, 2.75) is 23.3 Å². The van der Waals surface area contributed by atoms with Gasteiger partial charge in [-0.05, 0) is 12.5 Å². The highest BCUT2D eigenvalue weighted by atomic mass is 32.2. The van der Waals surface area contributed by atoms with Crippen molar-refractivity contribution in [1.29, 1.82) is 0 Å². The number of ether oxygens (including phenoxy) is 1. The van der Waals surface area contributed by atoms with Crippen LogP contribution in [0.15, 0.2) is 47.8 Å². The van der Waals surface area contributed by atoms with Gasteiger partial charge in [-0.1, -0.05) is 30.3 Å². The number of aromatic nitrogens is 2. The number of hydrogen-bond acceptors (Lipinski definition) is 6. The van der Waals surface area contributed by atoms with Crippen LogP contribution < -0.4 is 4.90 Å². The van der Waals surface area contributed by atoms with E-state index in [0.717, 1.165) is 10.8 Å². The summed E-state index contributed by atoms with van der Waals surface area (Å²) in [5.74, 6) is 0.535. The molecule has 1 N–H and O–H groups in total. The number of aliphatic carboxylic acids is 1. The van der Waals surface area contributed by atoms with Crippen LogP contribution in [0.1, 0.15) is 12.5 Å². The summed E-state index contributed by atoms with van der Waals surface area (Å²) >= 11 is 1.61. The molecule has 0 saturated carbocycles. The number of morpholine rings is 1. The number of benzene rings is 1. The van der Waals surface area contributed by atoms with Crippen LogP contribution in [-0.2, 0) is 15.3 Å². The van der Waals surface area contributed by atoms with Gasteiger partial charge < -0.3 is 14.7 Å².